The lowest BCUT2D eigenvalue weighted by molar-refractivity contribution is 0.0526. The number of esters is 1. The van der Waals surface area contributed by atoms with E-state index in [0.717, 1.165) is 11.3 Å². The highest BCUT2D eigenvalue weighted by molar-refractivity contribution is 7.93. The molecule has 0 saturated heterocycles. The monoisotopic (exact) mass is 422 g/mol. The van der Waals surface area contributed by atoms with Gasteiger partial charge in [-0.1, -0.05) is 11.3 Å². The van der Waals surface area contributed by atoms with E-state index in [2.05, 4.69) is 9.71 Å². The summed E-state index contributed by atoms with van der Waals surface area (Å²) < 4.78 is 43.7. The lowest BCUT2D eigenvalue weighted by Crippen LogP contribution is -2.13. The van der Waals surface area contributed by atoms with Gasteiger partial charge in [0.1, 0.15) is 0 Å². The van der Waals surface area contributed by atoms with Crippen LogP contribution in [0.4, 0.5) is 5.13 Å². The quantitative estimate of drug-likeness (QED) is 0.583. The summed E-state index contributed by atoms with van der Waals surface area (Å²) in [6.07, 6.45) is 0. The molecule has 1 aromatic heterocycles. The second-order valence-corrected chi connectivity index (χ2v) is 8.26. The Morgan fingerprint density at radius 3 is 2.54 bits per heavy atom. The number of aromatic nitrogens is 1. The van der Waals surface area contributed by atoms with Crippen LogP contribution in [-0.4, -0.2) is 40.2 Å². The molecule has 1 N–H and O–H groups in total. The third kappa shape index (κ3) is 4.02. The summed E-state index contributed by atoms with van der Waals surface area (Å²) in [7, 11) is -0.988. The number of fused-ring (bicyclic) bond motifs is 1. The van der Waals surface area contributed by atoms with Gasteiger partial charge < -0.3 is 14.2 Å². The topological polar surface area (TPSA) is 104 Å². The predicted octanol–water partition coefficient (Wildman–Crippen LogP) is 3.29. The molecule has 0 atom stereocenters. The van der Waals surface area contributed by atoms with Crippen molar-refractivity contribution >= 4 is 42.7 Å². The molecule has 3 rings (SSSR count). The molecule has 0 aliphatic carbocycles. The Morgan fingerprint density at radius 2 is 1.86 bits per heavy atom. The average molecular weight is 422 g/mol. The van der Waals surface area contributed by atoms with Gasteiger partial charge in [-0.25, -0.2) is 18.2 Å². The van der Waals surface area contributed by atoms with E-state index in [4.69, 9.17) is 14.2 Å². The second-order valence-electron chi connectivity index (χ2n) is 5.54. The largest absolute Gasteiger partial charge is 0.493 e. The number of thiazole rings is 1. The van der Waals surface area contributed by atoms with Gasteiger partial charge >= 0.3 is 5.97 Å². The van der Waals surface area contributed by atoms with Gasteiger partial charge in [0.15, 0.2) is 16.6 Å². The van der Waals surface area contributed by atoms with E-state index in [0.29, 0.717) is 27.3 Å². The predicted molar refractivity (Wildman–Crippen MR) is 106 cm³/mol. The minimum atomic E-state index is -3.88. The van der Waals surface area contributed by atoms with E-state index in [1.165, 1.54) is 32.4 Å². The zero-order chi connectivity index (χ0) is 20.3. The van der Waals surface area contributed by atoms with Crippen molar-refractivity contribution in [2.45, 2.75) is 11.8 Å². The Morgan fingerprint density at radius 1 is 1.11 bits per heavy atom. The first-order valence-corrected chi connectivity index (χ1v) is 10.5. The number of carbonyl (C=O) groups excluding carboxylic acids is 1. The first-order chi connectivity index (χ1) is 13.4. The van der Waals surface area contributed by atoms with Crippen LogP contribution in [0.15, 0.2) is 41.3 Å². The number of hydrogen-bond acceptors (Lipinski definition) is 8. The molecule has 148 valence electrons. The number of rotatable bonds is 7. The van der Waals surface area contributed by atoms with Crippen molar-refractivity contribution in [2.24, 2.45) is 0 Å². The van der Waals surface area contributed by atoms with Gasteiger partial charge in [0.2, 0.25) is 0 Å². The van der Waals surface area contributed by atoms with Crippen molar-refractivity contribution in [1.82, 2.24) is 4.98 Å². The first kappa shape index (κ1) is 19.9. The Balaban J connectivity index is 1.90. The molecule has 0 aliphatic rings. The van der Waals surface area contributed by atoms with Gasteiger partial charge in [0.05, 0.1) is 41.5 Å². The number of anilines is 1. The molecule has 0 amide bonds. The molecule has 0 spiro atoms. The lowest BCUT2D eigenvalue weighted by Gasteiger charge is -2.10. The molecule has 10 heteroatoms. The van der Waals surface area contributed by atoms with Crippen molar-refractivity contribution in [3.05, 3.63) is 42.0 Å². The normalized spacial score (nSPS) is 11.2. The minimum Gasteiger partial charge on any atom is -0.493 e. The summed E-state index contributed by atoms with van der Waals surface area (Å²) in [5.41, 5.74) is 0.954. The number of benzene rings is 2. The molecule has 0 saturated carbocycles. The summed E-state index contributed by atoms with van der Waals surface area (Å²) in [4.78, 5) is 16.1. The smallest absolute Gasteiger partial charge is 0.338 e. The molecule has 0 fully saturated rings. The second kappa shape index (κ2) is 8.03. The molecular formula is C18H18N2O6S2. The van der Waals surface area contributed by atoms with Crippen molar-refractivity contribution in [3.63, 3.8) is 0 Å². The SMILES string of the molecule is CCOC(=O)c1ccc2nc(NS(=O)(=O)c3ccc(OC)c(OC)c3)sc2c1. The van der Waals surface area contributed by atoms with Crippen LogP contribution < -0.4 is 14.2 Å². The summed E-state index contributed by atoms with van der Waals surface area (Å²) in [5.74, 6) is 0.284. The number of nitrogens with one attached hydrogen (secondary N) is 1. The summed E-state index contributed by atoms with van der Waals surface area (Å²) >= 11 is 1.12. The van der Waals surface area contributed by atoms with Crippen LogP contribution in [0.5, 0.6) is 11.5 Å². The molecular weight excluding hydrogens is 404 g/mol. The van der Waals surface area contributed by atoms with E-state index >= 15 is 0 Å². The highest BCUT2D eigenvalue weighted by atomic mass is 32.2. The number of hydrogen-bond donors (Lipinski definition) is 1. The van der Waals surface area contributed by atoms with Crippen molar-refractivity contribution in [3.8, 4) is 11.5 Å². The minimum absolute atomic E-state index is 0.0108. The Kier molecular flexibility index (Phi) is 5.71. The van der Waals surface area contributed by atoms with Gasteiger partial charge in [0, 0.05) is 6.07 Å². The van der Waals surface area contributed by atoms with Crippen molar-refractivity contribution < 1.29 is 27.4 Å². The summed E-state index contributed by atoms with van der Waals surface area (Å²) in [6.45, 7) is 2.00. The van der Waals surface area contributed by atoms with Gasteiger partial charge in [-0.3, -0.25) is 4.72 Å². The molecule has 1 heterocycles. The highest BCUT2D eigenvalue weighted by Gasteiger charge is 2.19. The van der Waals surface area contributed by atoms with Crippen molar-refractivity contribution in [2.75, 3.05) is 25.5 Å². The van der Waals surface area contributed by atoms with Crippen LogP contribution in [0.3, 0.4) is 0 Å². The van der Waals surface area contributed by atoms with E-state index in [1.807, 2.05) is 0 Å². The van der Waals surface area contributed by atoms with Crippen LogP contribution >= 0.6 is 11.3 Å². The third-order valence-corrected chi connectivity index (χ3v) is 6.19. The molecule has 8 nitrogen and oxygen atoms in total. The Hall–Kier alpha value is -2.85. The fourth-order valence-electron chi connectivity index (χ4n) is 2.47. The number of ether oxygens (including phenoxy) is 3. The fraction of sp³-hybridized carbons (Fsp3) is 0.222. The maximum atomic E-state index is 12.7. The molecule has 3 aromatic rings. The van der Waals surface area contributed by atoms with Gasteiger partial charge in [-0.15, -0.1) is 0 Å². The van der Waals surface area contributed by atoms with Gasteiger partial charge in [0.25, 0.3) is 10.0 Å². The van der Waals surface area contributed by atoms with Crippen LogP contribution in [0.1, 0.15) is 17.3 Å². The summed E-state index contributed by atoms with van der Waals surface area (Å²) in [6, 6.07) is 9.15. The van der Waals surface area contributed by atoms with Gasteiger partial charge in [-0.2, -0.15) is 0 Å². The molecule has 2 aromatic carbocycles. The number of carbonyl (C=O) groups is 1. The number of nitrogens with zero attached hydrogens (tertiary/aromatic N) is 1. The van der Waals surface area contributed by atoms with E-state index in [9.17, 15) is 13.2 Å². The van der Waals surface area contributed by atoms with Gasteiger partial charge in [-0.05, 0) is 37.3 Å². The Labute approximate surface area is 166 Å². The zero-order valence-electron chi connectivity index (χ0n) is 15.4. The maximum Gasteiger partial charge on any atom is 0.338 e. The molecule has 0 radical (unpaired) electrons. The van der Waals surface area contributed by atoms with Crippen LogP contribution in [-0.2, 0) is 14.8 Å². The van der Waals surface area contributed by atoms with E-state index in [-0.39, 0.29) is 16.6 Å². The first-order valence-electron chi connectivity index (χ1n) is 8.20. The van der Waals surface area contributed by atoms with Crippen LogP contribution in [0.2, 0.25) is 0 Å². The molecule has 0 unspecified atom stereocenters. The third-order valence-electron chi connectivity index (χ3n) is 3.79. The number of sulfonamides is 1. The summed E-state index contributed by atoms with van der Waals surface area (Å²) in [5, 5.41) is 0.186. The fourth-order valence-corrected chi connectivity index (χ4v) is 4.62. The van der Waals surface area contributed by atoms with Crippen LogP contribution in [0, 0.1) is 0 Å². The molecule has 28 heavy (non-hydrogen) atoms. The Bertz CT molecular complexity index is 1120. The molecule has 0 aliphatic heterocycles. The molecule has 0 bridgehead atoms. The average Bonchev–Trinajstić information content (AvgIpc) is 3.08. The van der Waals surface area contributed by atoms with Crippen molar-refractivity contribution in [1.29, 1.82) is 0 Å². The van der Waals surface area contributed by atoms with E-state index in [1.54, 1.807) is 25.1 Å². The zero-order valence-corrected chi connectivity index (χ0v) is 17.0. The highest BCUT2D eigenvalue weighted by Crippen LogP contribution is 2.32. The maximum absolute atomic E-state index is 12.7. The van der Waals surface area contributed by atoms with Crippen LogP contribution in [0.25, 0.3) is 10.2 Å². The van der Waals surface area contributed by atoms with E-state index < -0.39 is 16.0 Å². The number of methoxy groups -OCH3 is 2. The standard InChI is InChI=1S/C18H18N2O6S2/c1-4-26-17(21)11-5-7-13-16(9-11)27-18(19-13)20-28(22,23)12-6-8-14(24-2)15(10-12)25-3/h5-10H,4H2,1-3H3,(H,19,20). The lowest BCUT2D eigenvalue weighted by atomic mass is 10.2.